The molecule has 1 aliphatic rings. The highest BCUT2D eigenvalue weighted by molar-refractivity contribution is 5.41. The number of benzene rings is 1. The third-order valence-electron chi connectivity index (χ3n) is 3.46. The molecule has 1 aliphatic heterocycles. The van der Waals surface area contributed by atoms with Crippen LogP contribution in [-0.2, 0) is 11.2 Å². The second-order valence-electron chi connectivity index (χ2n) is 4.60. The lowest BCUT2D eigenvalue weighted by Crippen LogP contribution is -2.55. The number of hydrogen-bond donors (Lipinski definition) is 1. The molecule has 0 saturated carbocycles. The van der Waals surface area contributed by atoms with Gasteiger partial charge < -0.3 is 14.6 Å². The van der Waals surface area contributed by atoms with Gasteiger partial charge in [-0.3, -0.25) is 0 Å². The maximum atomic E-state index is 12.9. The highest BCUT2D eigenvalue weighted by Gasteiger charge is 2.59. The van der Waals surface area contributed by atoms with Gasteiger partial charge in [0.15, 0.2) is 17.1 Å². The van der Waals surface area contributed by atoms with Crippen molar-refractivity contribution in [3.05, 3.63) is 23.8 Å². The summed E-state index contributed by atoms with van der Waals surface area (Å²) in [6, 6.07) is 4.54. The molecular weight excluding hydrogens is 261 g/mol. The SMILES string of the molecule is COc1cc(CCC2(C(F)(F)F)CCO2)ccc1O. The van der Waals surface area contributed by atoms with Crippen molar-refractivity contribution in [2.75, 3.05) is 13.7 Å². The molecule has 0 bridgehead atoms. The number of halogens is 3. The van der Waals surface area contributed by atoms with Crippen LogP contribution in [0.25, 0.3) is 0 Å². The van der Waals surface area contributed by atoms with Gasteiger partial charge in [-0.05, 0) is 30.5 Å². The lowest BCUT2D eigenvalue weighted by Gasteiger charge is -2.43. The van der Waals surface area contributed by atoms with E-state index < -0.39 is 11.8 Å². The van der Waals surface area contributed by atoms with Crippen LogP contribution in [-0.4, -0.2) is 30.6 Å². The predicted molar refractivity (Wildman–Crippen MR) is 62.3 cm³/mol. The Kier molecular flexibility index (Phi) is 3.62. The Balaban J connectivity index is 2.06. The number of aromatic hydroxyl groups is 1. The smallest absolute Gasteiger partial charge is 0.417 e. The zero-order valence-corrected chi connectivity index (χ0v) is 10.5. The van der Waals surface area contributed by atoms with Crippen molar-refractivity contribution in [3.8, 4) is 11.5 Å². The summed E-state index contributed by atoms with van der Waals surface area (Å²) in [6.07, 6.45) is -4.24. The van der Waals surface area contributed by atoms with E-state index in [0.717, 1.165) is 0 Å². The summed E-state index contributed by atoms with van der Waals surface area (Å²) >= 11 is 0. The fourth-order valence-electron chi connectivity index (χ4n) is 2.13. The highest BCUT2D eigenvalue weighted by Crippen LogP contribution is 2.45. The van der Waals surface area contributed by atoms with Crippen molar-refractivity contribution >= 4 is 0 Å². The van der Waals surface area contributed by atoms with Crippen molar-refractivity contribution in [2.45, 2.75) is 31.0 Å². The van der Waals surface area contributed by atoms with Gasteiger partial charge in [-0.1, -0.05) is 6.07 Å². The summed E-state index contributed by atoms with van der Waals surface area (Å²) in [5.41, 5.74) is -1.33. The van der Waals surface area contributed by atoms with E-state index in [9.17, 15) is 18.3 Å². The molecule has 1 heterocycles. The van der Waals surface area contributed by atoms with Crippen LogP contribution >= 0.6 is 0 Å². The Labute approximate surface area is 108 Å². The first-order chi connectivity index (χ1) is 8.88. The fourth-order valence-corrected chi connectivity index (χ4v) is 2.13. The maximum Gasteiger partial charge on any atom is 0.417 e. The molecule has 1 N–H and O–H groups in total. The third-order valence-corrected chi connectivity index (χ3v) is 3.46. The van der Waals surface area contributed by atoms with E-state index in [1.165, 1.54) is 19.2 Å². The zero-order chi connectivity index (χ0) is 14.1. The van der Waals surface area contributed by atoms with Crippen molar-refractivity contribution < 1.29 is 27.8 Å². The minimum atomic E-state index is -4.34. The number of alkyl halides is 3. The molecule has 1 aromatic rings. The molecule has 6 heteroatoms. The molecule has 0 aliphatic carbocycles. The van der Waals surface area contributed by atoms with Crippen LogP contribution in [0.5, 0.6) is 11.5 Å². The standard InChI is InChI=1S/C13H15F3O3/c1-18-11-8-9(2-3-10(11)17)4-5-12(6-7-19-12)13(14,15)16/h2-3,8,17H,4-7H2,1H3. The van der Waals surface area contributed by atoms with Gasteiger partial charge in [0.25, 0.3) is 0 Å². The van der Waals surface area contributed by atoms with Crippen LogP contribution in [0, 0.1) is 0 Å². The van der Waals surface area contributed by atoms with Crippen LogP contribution in [0.15, 0.2) is 18.2 Å². The Morgan fingerprint density at radius 1 is 1.42 bits per heavy atom. The van der Waals surface area contributed by atoms with Crippen LogP contribution in [0.4, 0.5) is 13.2 Å². The van der Waals surface area contributed by atoms with Gasteiger partial charge in [0.2, 0.25) is 0 Å². The summed E-state index contributed by atoms with van der Waals surface area (Å²) in [5, 5.41) is 9.42. The van der Waals surface area contributed by atoms with Crippen molar-refractivity contribution in [2.24, 2.45) is 0 Å². The van der Waals surface area contributed by atoms with E-state index in [1.54, 1.807) is 6.07 Å². The molecule has 0 radical (unpaired) electrons. The van der Waals surface area contributed by atoms with E-state index in [4.69, 9.17) is 9.47 Å². The number of aryl methyl sites for hydroxylation is 1. The van der Waals surface area contributed by atoms with E-state index in [1.807, 2.05) is 0 Å². The third kappa shape index (κ3) is 2.63. The van der Waals surface area contributed by atoms with Gasteiger partial charge in [0, 0.05) is 6.42 Å². The lowest BCUT2D eigenvalue weighted by atomic mass is 9.87. The van der Waals surface area contributed by atoms with E-state index in [-0.39, 0.29) is 37.4 Å². The number of methoxy groups -OCH3 is 1. The largest absolute Gasteiger partial charge is 0.504 e. The van der Waals surface area contributed by atoms with Gasteiger partial charge in [-0.25, -0.2) is 0 Å². The highest BCUT2D eigenvalue weighted by atomic mass is 19.4. The molecule has 1 fully saturated rings. The summed E-state index contributed by atoms with van der Waals surface area (Å²) < 4.78 is 48.3. The molecule has 19 heavy (non-hydrogen) atoms. The zero-order valence-electron chi connectivity index (χ0n) is 10.5. The Hall–Kier alpha value is -1.43. The van der Waals surface area contributed by atoms with E-state index in [2.05, 4.69) is 0 Å². The second-order valence-corrected chi connectivity index (χ2v) is 4.60. The molecule has 2 rings (SSSR count). The van der Waals surface area contributed by atoms with Crippen LogP contribution < -0.4 is 4.74 Å². The quantitative estimate of drug-likeness (QED) is 0.918. The molecule has 1 atom stereocenters. The summed E-state index contributed by atoms with van der Waals surface area (Å²) in [5.74, 6) is 0.227. The Morgan fingerprint density at radius 3 is 2.58 bits per heavy atom. The summed E-state index contributed by atoms with van der Waals surface area (Å²) in [4.78, 5) is 0. The maximum absolute atomic E-state index is 12.9. The normalized spacial score (nSPS) is 22.9. The number of phenolic OH excluding ortho intramolecular Hbond substituents is 1. The Bertz CT molecular complexity index is 453. The predicted octanol–water partition coefficient (Wildman–Crippen LogP) is 3.05. The van der Waals surface area contributed by atoms with Crippen LogP contribution in [0.1, 0.15) is 18.4 Å². The molecule has 0 aromatic heterocycles. The molecule has 1 unspecified atom stereocenters. The number of ether oxygens (including phenoxy) is 2. The second kappa shape index (κ2) is 4.92. The van der Waals surface area contributed by atoms with Crippen LogP contribution in [0.3, 0.4) is 0 Å². The average molecular weight is 276 g/mol. The van der Waals surface area contributed by atoms with Crippen molar-refractivity contribution in [1.29, 1.82) is 0 Å². The van der Waals surface area contributed by atoms with Gasteiger partial charge in [0.05, 0.1) is 13.7 Å². The average Bonchev–Trinajstić information content (AvgIpc) is 2.27. The van der Waals surface area contributed by atoms with Gasteiger partial charge in [0.1, 0.15) is 0 Å². The number of hydrogen-bond acceptors (Lipinski definition) is 3. The first-order valence-corrected chi connectivity index (χ1v) is 5.94. The first-order valence-electron chi connectivity index (χ1n) is 5.94. The van der Waals surface area contributed by atoms with Crippen LogP contribution in [0.2, 0.25) is 0 Å². The first kappa shape index (κ1) is 14.0. The minimum absolute atomic E-state index is 0.00567. The summed E-state index contributed by atoms with van der Waals surface area (Å²) in [6.45, 7) is 0.151. The van der Waals surface area contributed by atoms with Gasteiger partial charge in [-0.2, -0.15) is 13.2 Å². The van der Waals surface area contributed by atoms with Gasteiger partial charge >= 0.3 is 6.18 Å². The van der Waals surface area contributed by atoms with E-state index in [0.29, 0.717) is 5.56 Å². The van der Waals surface area contributed by atoms with E-state index >= 15 is 0 Å². The number of phenols is 1. The molecule has 0 spiro atoms. The molecule has 3 nitrogen and oxygen atoms in total. The Morgan fingerprint density at radius 2 is 2.11 bits per heavy atom. The molecule has 106 valence electrons. The van der Waals surface area contributed by atoms with Gasteiger partial charge in [-0.15, -0.1) is 0 Å². The molecule has 1 saturated heterocycles. The molecular formula is C13H15F3O3. The topological polar surface area (TPSA) is 38.7 Å². The monoisotopic (exact) mass is 276 g/mol. The minimum Gasteiger partial charge on any atom is -0.504 e. The summed E-state index contributed by atoms with van der Waals surface area (Å²) in [7, 11) is 1.39. The van der Waals surface area contributed by atoms with Crippen molar-refractivity contribution in [3.63, 3.8) is 0 Å². The number of rotatable bonds is 4. The molecule has 0 amide bonds. The lowest BCUT2D eigenvalue weighted by molar-refractivity contribution is -0.327. The molecule has 1 aromatic carbocycles. The van der Waals surface area contributed by atoms with Crippen molar-refractivity contribution in [1.82, 2.24) is 0 Å². The fraction of sp³-hybridized carbons (Fsp3) is 0.538.